The lowest BCUT2D eigenvalue weighted by Gasteiger charge is -2.22. The van der Waals surface area contributed by atoms with Crippen LogP contribution >= 0.6 is 0 Å². The predicted molar refractivity (Wildman–Crippen MR) is 93.3 cm³/mol. The highest BCUT2D eigenvalue weighted by molar-refractivity contribution is 6.02. The van der Waals surface area contributed by atoms with Gasteiger partial charge in [0.25, 0.3) is 5.69 Å². The number of rotatable bonds is 3. The van der Waals surface area contributed by atoms with Crippen molar-refractivity contribution in [2.45, 2.75) is 32.8 Å². The highest BCUT2D eigenvalue weighted by Gasteiger charge is 2.27. The Morgan fingerprint density at radius 2 is 1.71 bits per heavy atom. The Labute approximate surface area is 141 Å². The number of nitro groups is 1. The smallest absolute Gasteiger partial charge is 0.269 e. The van der Waals surface area contributed by atoms with Gasteiger partial charge in [0, 0.05) is 24.8 Å². The van der Waals surface area contributed by atoms with E-state index in [-0.39, 0.29) is 17.6 Å². The van der Waals surface area contributed by atoms with Crippen molar-refractivity contribution in [3.8, 4) is 11.1 Å². The van der Waals surface area contributed by atoms with Crippen molar-refractivity contribution in [2.24, 2.45) is 0 Å². The van der Waals surface area contributed by atoms with Gasteiger partial charge in [-0.3, -0.25) is 14.9 Å². The molecule has 0 heterocycles. The largest absolute Gasteiger partial charge is 0.373 e. The zero-order valence-corrected chi connectivity index (χ0v) is 14.1. The number of fused-ring (bicyclic) bond motifs is 1. The molecule has 3 rings (SSSR count). The number of hydrogen-bond acceptors (Lipinski definition) is 4. The summed E-state index contributed by atoms with van der Waals surface area (Å²) in [6, 6.07) is 12.1. The third kappa shape index (κ3) is 3.51. The van der Waals surface area contributed by atoms with Crippen LogP contribution in [0.4, 0.5) is 5.69 Å². The first-order chi connectivity index (χ1) is 11.6. The molecule has 0 saturated carbocycles. The number of ether oxygens (including phenoxy) is 1. The molecule has 0 radical (unpaired) electrons. The average molecular weight is 327 g/mol. The predicted octanol–water partition coefficient (Wildman–Crippen LogP) is 4.43. The first-order valence-electron chi connectivity index (χ1n) is 8.05. The number of nitro benzene ring substituents is 1. The molecular weight excluding hydrogens is 306 g/mol. The lowest BCUT2D eigenvalue weighted by atomic mass is 9.86. The summed E-state index contributed by atoms with van der Waals surface area (Å²) in [5.41, 5.74) is 3.64. The fraction of sp³-hybridized carbons (Fsp3) is 0.316. The van der Waals surface area contributed by atoms with E-state index in [4.69, 9.17) is 4.74 Å². The zero-order chi connectivity index (χ0) is 17.7. The Morgan fingerprint density at radius 3 is 2.29 bits per heavy atom. The highest BCUT2D eigenvalue weighted by Crippen LogP contribution is 2.29. The molecule has 0 amide bonds. The minimum absolute atomic E-state index is 0.0269. The van der Waals surface area contributed by atoms with Gasteiger partial charge in [0.05, 0.1) is 4.92 Å². The van der Waals surface area contributed by atoms with Crippen LogP contribution in [0, 0.1) is 10.1 Å². The van der Waals surface area contributed by atoms with E-state index in [1.807, 2.05) is 32.0 Å². The molecule has 0 spiro atoms. The molecule has 5 nitrogen and oxygen atoms in total. The summed E-state index contributed by atoms with van der Waals surface area (Å²) >= 11 is 0. The molecule has 24 heavy (non-hydrogen) atoms. The molecule has 126 valence electrons. The van der Waals surface area contributed by atoms with Gasteiger partial charge in [-0.15, -0.1) is 0 Å². The highest BCUT2D eigenvalue weighted by atomic mass is 16.6. The number of methoxy groups -OCH3 is 1. The summed E-state index contributed by atoms with van der Waals surface area (Å²) in [6.07, 6.45) is 1.13. The summed E-state index contributed by atoms with van der Waals surface area (Å²) in [5, 5.41) is 10.7. The normalized spacial score (nSPS) is 16.0. The van der Waals surface area contributed by atoms with Gasteiger partial charge in [-0.1, -0.05) is 32.0 Å². The third-order valence-electron chi connectivity index (χ3n) is 4.03. The number of aryl methyl sites for hydroxylation is 1. The van der Waals surface area contributed by atoms with Gasteiger partial charge in [0.15, 0.2) is 5.78 Å². The van der Waals surface area contributed by atoms with Crippen LogP contribution in [0.25, 0.3) is 11.1 Å². The first kappa shape index (κ1) is 17.8. The molecule has 0 fully saturated rings. The van der Waals surface area contributed by atoms with Gasteiger partial charge >= 0.3 is 0 Å². The van der Waals surface area contributed by atoms with Gasteiger partial charge in [-0.25, -0.2) is 0 Å². The monoisotopic (exact) mass is 327 g/mol. The maximum Gasteiger partial charge on any atom is 0.269 e. The quantitative estimate of drug-likeness (QED) is 0.617. The van der Waals surface area contributed by atoms with Crippen molar-refractivity contribution in [3.63, 3.8) is 0 Å². The number of benzene rings is 2. The maximum atomic E-state index is 12.2. The molecule has 0 aliphatic heterocycles. The number of Topliss-reactive ketones (excluding diaryl/α,β-unsaturated/α-hetero) is 1. The van der Waals surface area contributed by atoms with Gasteiger partial charge in [0.2, 0.25) is 0 Å². The molecule has 0 aromatic heterocycles. The lowest BCUT2D eigenvalue weighted by Crippen LogP contribution is -2.29. The molecule has 1 aliphatic rings. The fourth-order valence-electron chi connectivity index (χ4n) is 2.81. The Morgan fingerprint density at radius 1 is 1.08 bits per heavy atom. The molecule has 0 N–H and O–H groups in total. The second kappa shape index (κ2) is 7.84. The van der Waals surface area contributed by atoms with Crippen LogP contribution < -0.4 is 0 Å². The number of nitrogens with zero attached hydrogens (tertiary/aromatic N) is 1. The van der Waals surface area contributed by atoms with E-state index >= 15 is 0 Å². The van der Waals surface area contributed by atoms with Crippen molar-refractivity contribution in [1.82, 2.24) is 0 Å². The van der Waals surface area contributed by atoms with E-state index in [1.165, 1.54) is 12.1 Å². The Bertz CT molecular complexity index is 738. The minimum atomic E-state index is -0.416. The van der Waals surface area contributed by atoms with Crippen LogP contribution in [0.1, 0.15) is 36.2 Å². The molecule has 1 unspecified atom stereocenters. The van der Waals surface area contributed by atoms with Crippen LogP contribution in [-0.4, -0.2) is 23.9 Å². The molecule has 1 atom stereocenters. The first-order valence-corrected chi connectivity index (χ1v) is 8.05. The Kier molecular flexibility index (Phi) is 5.82. The van der Waals surface area contributed by atoms with E-state index in [9.17, 15) is 14.9 Å². The van der Waals surface area contributed by atoms with Crippen LogP contribution in [-0.2, 0) is 11.2 Å². The van der Waals surface area contributed by atoms with Crippen molar-refractivity contribution >= 4 is 11.5 Å². The Hall–Kier alpha value is -2.53. The number of non-ortho nitro benzene ring substituents is 1. The maximum absolute atomic E-state index is 12.2. The van der Waals surface area contributed by atoms with E-state index in [1.54, 1.807) is 19.2 Å². The summed E-state index contributed by atoms with van der Waals surface area (Å²) in [5.74, 6) is 0.0269. The van der Waals surface area contributed by atoms with E-state index in [0.717, 1.165) is 23.1 Å². The topological polar surface area (TPSA) is 69.4 Å². The van der Waals surface area contributed by atoms with Crippen molar-refractivity contribution in [1.29, 1.82) is 0 Å². The van der Waals surface area contributed by atoms with Crippen molar-refractivity contribution in [2.75, 3.05) is 7.11 Å². The standard InChI is InChI=1S/C17H15NO4.C2H6/c1-22-16-9-5-13-10-12(4-8-15(13)17(16)19)11-2-6-14(7-3-11)18(20)21;1-2/h2-4,6-8,10,16H,5,9H2,1H3;1-2H3. The van der Waals surface area contributed by atoms with E-state index in [2.05, 4.69) is 0 Å². The number of carbonyl (C=O) groups is 1. The molecule has 2 aromatic rings. The molecule has 1 aliphatic carbocycles. The van der Waals surface area contributed by atoms with Crippen molar-refractivity contribution in [3.05, 3.63) is 63.7 Å². The Balaban J connectivity index is 0.00000100. The number of ketones is 1. The van der Waals surface area contributed by atoms with Crippen molar-refractivity contribution < 1.29 is 14.5 Å². The van der Waals surface area contributed by atoms with Gasteiger partial charge in [-0.05, 0) is 41.7 Å². The number of carbonyl (C=O) groups excluding carboxylic acids is 1. The van der Waals surface area contributed by atoms with Crippen LogP contribution in [0.2, 0.25) is 0 Å². The van der Waals surface area contributed by atoms with E-state index in [0.29, 0.717) is 12.0 Å². The molecule has 0 saturated heterocycles. The van der Waals surface area contributed by atoms with Crippen LogP contribution in [0.15, 0.2) is 42.5 Å². The molecular formula is C19H21NO4. The summed E-state index contributed by atoms with van der Waals surface area (Å²) in [4.78, 5) is 22.5. The van der Waals surface area contributed by atoms with E-state index < -0.39 is 4.92 Å². The average Bonchev–Trinajstić information content (AvgIpc) is 2.63. The SMILES string of the molecule is CC.COC1CCc2cc(-c3ccc([N+](=O)[O-])cc3)ccc2C1=O. The molecule has 5 heteroatoms. The summed E-state index contributed by atoms with van der Waals surface area (Å²) in [6.45, 7) is 4.00. The third-order valence-corrected chi connectivity index (χ3v) is 4.03. The van der Waals surface area contributed by atoms with Crippen LogP contribution in [0.5, 0.6) is 0 Å². The second-order valence-corrected chi connectivity index (χ2v) is 5.30. The summed E-state index contributed by atoms with van der Waals surface area (Å²) < 4.78 is 5.20. The zero-order valence-electron chi connectivity index (χ0n) is 14.1. The lowest BCUT2D eigenvalue weighted by molar-refractivity contribution is -0.384. The van der Waals surface area contributed by atoms with Crippen LogP contribution in [0.3, 0.4) is 0 Å². The molecule has 0 bridgehead atoms. The summed E-state index contributed by atoms with van der Waals surface area (Å²) in [7, 11) is 1.55. The van der Waals surface area contributed by atoms with Gasteiger partial charge in [0.1, 0.15) is 6.10 Å². The van der Waals surface area contributed by atoms with Gasteiger partial charge in [-0.2, -0.15) is 0 Å². The molecule has 2 aromatic carbocycles. The second-order valence-electron chi connectivity index (χ2n) is 5.30. The van der Waals surface area contributed by atoms with Gasteiger partial charge < -0.3 is 4.74 Å². The number of hydrogen-bond donors (Lipinski definition) is 0. The minimum Gasteiger partial charge on any atom is -0.373 e. The fourth-order valence-corrected chi connectivity index (χ4v) is 2.81.